The maximum atomic E-state index is 13.1. The van der Waals surface area contributed by atoms with Gasteiger partial charge < -0.3 is 5.32 Å². The summed E-state index contributed by atoms with van der Waals surface area (Å²) in [4.78, 5) is 16.1. The maximum absolute atomic E-state index is 13.1. The van der Waals surface area contributed by atoms with Crippen LogP contribution in [0.5, 0.6) is 0 Å². The molecule has 6 heteroatoms. The maximum Gasteiger partial charge on any atom is 0.228 e. The molecule has 0 saturated heterocycles. The molecule has 2 heterocycles. The Bertz CT molecular complexity index is 769. The molecule has 0 radical (unpaired) electrons. The highest BCUT2D eigenvalue weighted by Gasteiger charge is 2.06. The van der Waals surface area contributed by atoms with E-state index < -0.39 is 0 Å². The molecule has 0 aliphatic rings. The molecule has 1 amide bonds. The smallest absolute Gasteiger partial charge is 0.228 e. The summed E-state index contributed by atoms with van der Waals surface area (Å²) < 4.78 is 14.7. The van der Waals surface area contributed by atoms with Gasteiger partial charge in [-0.2, -0.15) is 5.10 Å². The Morgan fingerprint density at radius 1 is 1.23 bits per heavy atom. The highest BCUT2D eigenvalue weighted by Crippen LogP contribution is 2.10. The van der Waals surface area contributed by atoms with Crippen molar-refractivity contribution in [3.05, 3.63) is 72.4 Å². The first-order chi connectivity index (χ1) is 10.7. The van der Waals surface area contributed by atoms with Crippen molar-refractivity contribution in [1.29, 1.82) is 0 Å². The number of nitrogens with one attached hydrogen (secondary N) is 1. The van der Waals surface area contributed by atoms with Crippen molar-refractivity contribution in [2.45, 2.75) is 6.42 Å². The zero-order chi connectivity index (χ0) is 15.4. The minimum atomic E-state index is -0.351. The molecule has 0 saturated carbocycles. The van der Waals surface area contributed by atoms with Crippen molar-refractivity contribution in [3.8, 4) is 5.82 Å². The van der Waals surface area contributed by atoms with Gasteiger partial charge in [-0.25, -0.2) is 14.1 Å². The molecule has 3 rings (SSSR count). The third kappa shape index (κ3) is 3.35. The SMILES string of the molecule is O=C(Cc1cccc(F)c1)Nc1ccc(-n2cccn2)nc1. The van der Waals surface area contributed by atoms with E-state index in [0.29, 0.717) is 17.1 Å². The third-order valence-electron chi connectivity index (χ3n) is 3.02. The van der Waals surface area contributed by atoms with Crippen LogP contribution in [0.25, 0.3) is 5.82 Å². The molecule has 0 atom stereocenters. The lowest BCUT2D eigenvalue weighted by Crippen LogP contribution is -2.14. The number of benzene rings is 1. The lowest BCUT2D eigenvalue weighted by atomic mass is 10.1. The van der Waals surface area contributed by atoms with Crippen molar-refractivity contribution in [2.24, 2.45) is 0 Å². The molecule has 5 nitrogen and oxygen atoms in total. The van der Waals surface area contributed by atoms with Crippen LogP contribution in [-0.4, -0.2) is 20.7 Å². The summed E-state index contributed by atoms with van der Waals surface area (Å²) in [6.07, 6.45) is 5.11. The van der Waals surface area contributed by atoms with Crippen LogP contribution in [0.1, 0.15) is 5.56 Å². The summed E-state index contributed by atoms with van der Waals surface area (Å²) in [6, 6.07) is 11.3. The first-order valence-corrected chi connectivity index (χ1v) is 6.71. The summed E-state index contributed by atoms with van der Waals surface area (Å²) in [7, 11) is 0. The van der Waals surface area contributed by atoms with Gasteiger partial charge in [0.25, 0.3) is 0 Å². The average Bonchev–Trinajstić information content (AvgIpc) is 3.02. The summed E-state index contributed by atoms with van der Waals surface area (Å²) in [5.74, 6) is 0.0860. The second kappa shape index (κ2) is 6.17. The Morgan fingerprint density at radius 2 is 2.14 bits per heavy atom. The van der Waals surface area contributed by atoms with Crippen LogP contribution < -0.4 is 5.32 Å². The van der Waals surface area contributed by atoms with E-state index in [9.17, 15) is 9.18 Å². The number of carbonyl (C=O) groups excluding carboxylic acids is 1. The molecule has 0 aliphatic carbocycles. The number of halogens is 1. The fraction of sp³-hybridized carbons (Fsp3) is 0.0625. The van der Waals surface area contributed by atoms with E-state index in [2.05, 4.69) is 15.4 Å². The summed E-state index contributed by atoms with van der Waals surface area (Å²) in [6.45, 7) is 0. The van der Waals surface area contributed by atoms with Crippen LogP contribution in [0.2, 0.25) is 0 Å². The van der Waals surface area contributed by atoms with Gasteiger partial charge in [0.15, 0.2) is 5.82 Å². The summed E-state index contributed by atoms with van der Waals surface area (Å²) in [5.41, 5.74) is 1.20. The minimum absolute atomic E-state index is 0.110. The number of nitrogens with zero attached hydrogens (tertiary/aromatic N) is 3. The zero-order valence-corrected chi connectivity index (χ0v) is 11.6. The van der Waals surface area contributed by atoms with E-state index in [1.54, 1.807) is 53.6 Å². The number of hydrogen-bond acceptors (Lipinski definition) is 3. The molecular weight excluding hydrogens is 283 g/mol. The molecule has 1 aromatic carbocycles. The molecule has 110 valence electrons. The van der Waals surface area contributed by atoms with Crippen molar-refractivity contribution >= 4 is 11.6 Å². The number of carbonyl (C=O) groups is 1. The van der Waals surface area contributed by atoms with E-state index in [4.69, 9.17) is 0 Å². The fourth-order valence-corrected chi connectivity index (χ4v) is 2.04. The van der Waals surface area contributed by atoms with Gasteiger partial charge in [-0.3, -0.25) is 4.79 Å². The van der Waals surface area contributed by atoms with E-state index in [-0.39, 0.29) is 18.1 Å². The normalized spacial score (nSPS) is 10.4. The van der Waals surface area contributed by atoms with Crippen molar-refractivity contribution in [2.75, 3.05) is 5.32 Å². The van der Waals surface area contributed by atoms with Gasteiger partial charge in [-0.05, 0) is 35.9 Å². The Kier molecular flexibility index (Phi) is 3.91. The first-order valence-electron chi connectivity index (χ1n) is 6.71. The zero-order valence-electron chi connectivity index (χ0n) is 11.6. The monoisotopic (exact) mass is 296 g/mol. The Balaban J connectivity index is 1.64. The van der Waals surface area contributed by atoms with E-state index in [0.717, 1.165) is 0 Å². The Morgan fingerprint density at radius 3 is 2.82 bits per heavy atom. The quantitative estimate of drug-likeness (QED) is 0.805. The predicted octanol–water partition coefficient (Wildman–Crippen LogP) is 2.59. The molecule has 0 bridgehead atoms. The number of rotatable bonds is 4. The molecule has 0 aliphatic heterocycles. The fourth-order valence-electron chi connectivity index (χ4n) is 2.04. The number of pyridine rings is 1. The number of hydrogen-bond donors (Lipinski definition) is 1. The highest BCUT2D eigenvalue weighted by molar-refractivity contribution is 5.92. The topological polar surface area (TPSA) is 59.8 Å². The average molecular weight is 296 g/mol. The van der Waals surface area contributed by atoms with Crippen LogP contribution in [0.15, 0.2) is 61.1 Å². The van der Waals surface area contributed by atoms with Gasteiger partial charge in [0.1, 0.15) is 5.82 Å². The van der Waals surface area contributed by atoms with Crippen molar-refractivity contribution in [3.63, 3.8) is 0 Å². The predicted molar refractivity (Wildman–Crippen MR) is 80.1 cm³/mol. The second-order valence-corrected chi connectivity index (χ2v) is 4.71. The Labute approximate surface area is 126 Å². The number of anilines is 1. The number of aromatic nitrogens is 3. The Hall–Kier alpha value is -3.02. The molecule has 0 unspecified atom stereocenters. The lowest BCUT2D eigenvalue weighted by Gasteiger charge is -2.06. The van der Waals surface area contributed by atoms with Crippen LogP contribution in [-0.2, 0) is 11.2 Å². The largest absolute Gasteiger partial charge is 0.324 e. The molecule has 22 heavy (non-hydrogen) atoms. The van der Waals surface area contributed by atoms with E-state index in [1.165, 1.54) is 12.1 Å². The van der Waals surface area contributed by atoms with Gasteiger partial charge >= 0.3 is 0 Å². The van der Waals surface area contributed by atoms with Gasteiger partial charge in [0.2, 0.25) is 5.91 Å². The molecule has 3 aromatic rings. The first kappa shape index (κ1) is 13.9. The van der Waals surface area contributed by atoms with Crippen molar-refractivity contribution < 1.29 is 9.18 Å². The van der Waals surface area contributed by atoms with Crippen LogP contribution in [0.3, 0.4) is 0 Å². The number of amides is 1. The van der Waals surface area contributed by atoms with Gasteiger partial charge in [0, 0.05) is 12.4 Å². The summed E-state index contributed by atoms with van der Waals surface area (Å²) in [5, 5.41) is 6.80. The molecule has 1 N–H and O–H groups in total. The minimum Gasteiger partial charge on any atom is -0.324 e. The van der Waals surface area contributed by atoms with Gasteiger partial charge in [0.05, 0.1) is 18.3 Å². The van der Waals surface area contributed by atoms with E-state index in [1.807, 2.05) is 0 Å². The molecule has 2 aromatic heterocycles. The lowest BCUT2D eigenvalue weighted by molar-refractivity contribution is -0.115. The molecule has 0 spiro atoms. The standard InChI is InChI=1S/C16H13FN4O/c17-13-4-1-3-12(9-13)10-16(22)20-14-5-6-15(18-11-14)21-8-2-7-19-21/h1-9,11H,10H2,(H,20,22). The van der Waals surface area contributed by atoms with Gasteiger partial charge in [-0.15, -0.1) is 0 Å². The highest BCUT2D eigenvalue weighted by atomic mass is 19.1. The van der Waals surface area contributed by atoms with Crippen LogP contribution in [0, 0.1) is 5.82 Å². The van der Waals surface area contributed by atoms with Crippen molar-refractivity contribution in [1.82, 2.24) is 14.8 Å². The van der Waals surface area contributed by atoms with Gasteiger partial charge in [-0.1, -0.05) is 12.1 Å². The van der Waals surface area contributed by atoms with Crippen LogP contribution >= 0.6 is 0 Å². The van der Waals surface area contributed by atoms with E-state index >= 15 is 0 Å². The van der Waals surface area contributed by atoms with Crippen LogP contribution in [0.4, 0.5) is 10.1 Å². The molecular formula is C16H13FN4O. The third-order valence-corrected chi connectivity index (χ3v) is 3.02. The summed E-state index contributed by atoms with van der Waals surface area (Å²) >= 11 is 0. The second-order valence-electron chi connectivity index (χ2n) is 4.71. The molecule has 0 fully saturated rings.